The first-order valence-electron chi connectivity index (χ1n) is 6.33. The Morgan fingerprint density at radius 1 is 1.28 bits per heavy atom. The highest BCUT2D eigenvalue weighted by molar-refractivity contribution is 5.75. The first-order chi connectivity index (χ1) is 8.64. The Balaban J connectivity index is 2.23. The SMILES string of the molecule is COc1ccc2nc(N)n(C3(C)CCCC3)c2n1. The van der Waals surface area contributed by atoms with E-state index in [9.17, 15) is 0 Å². The number of methoxy groups -OCH3 is 1. The Morgan fingerprint density at radius 2 is 2.00 bits per heavy atom. The normalized spacial score (nSPS) is 18.3. The third-order valence-corrected chi connectivity index (χ3v) is 3.93. The van der Waals surface area contributed by atoms with Crippen molar-refractivity contribution >= 4 is 17.1 Å². The lowest BCUT2D eigenvalue weighted by atomic mass is 10.0. The van der Waals surface area contributed by atoms with Gasteiger partial charge in [-0.25, -0.2) is 4.98 Å². The second kappa shape index (κ2) is 3.86. The van der Waals surface area contributed by atoms with Crippen molar-refractivity contribution in [2.45, 2.75) is 38.1 Å². The van der Waals surface area contributed by atoms with Gasteiger partial charge in [-0.05, 0) is 25.8 Å². The van der Waals surface area contributed by atoms with Gasteiger partial charge in [0.25, 0.3) is 0 Å². The van der Waals surface area contributed by atoms with Crippen LogP contribution < -0.4 is 10.5 Å². The van der Waals surface area contributed by atoms with Crippen LogP contribution in [0.2, 0.25) is 0 Å². The predicted molar refractivity (Wildman–Crippen MR) is 70.6 cm³/mol. The number of hydrogen-bond acceptors (Lipinski definition) is 4. The molecule has 0 aromatic carbocycles. The summed E-state index contributed by atoms with van der Waals surface area (Å²) in [5.74, 6) is 1.15. The molecular weight excluding hydrogens is 228 g/mol. The summed E-state index contributed by atoms with van der Waals surface area (Å²) in [5.41, 5.74) is 7.79. The molecule has 0 bridgehead atoms. The molecular formula is C13H18N4O. The van der Waals surface area contributed by atoms with E-state index in [4.69, 9.17) is 10.5 Å². The Morgan fingerprint density at radius 3 is 2.67 bits per heavy atom. The smallest absolute Gasteiger partial charge is 0.215 e. The molecule has 1 saturated carbocycles. The van der Waals surface area contributed by atoms with Crippen molar-refractivity contribution in [2.75, 3.05) is 12.8 Å². The van der Waals surface area contributed by atoms with E-state index in [2.05, 4.69) is 21.5 Å². The van der Waals surface area contributed by atoms with Crippen LogP contribution in [0.15, 0.2) is 12.1 Å². The number of fused-ring (bicyclic) bond motifs is 1. The third-order valence-electron chi connectivity index (χ3n) is 3.93. The van der Waals surface area contributed by atoms with Crippen molar-refractivity contribution < 1.29 is 4.74 Å². The maximum absolute atomic E-state index is 6.08. The fraction of sp³-hybridized carbons (Fsp3) is 0.538. The molecule has 2 aromatic rings. The largest absolute Gasteiger partial charge is 0.481 e. The second-order valence-electron chi connectivity index (χ2n) is 5.21. The van der Waals surface area contributed by atoms with E-state index in [0.29, 0.717) is 11.8 Å². The molecule has 2 aromatic heterocycles. The van der Waals surface area contributed by atoms with Crippen molar-refractivity contribution in [3.63, 3.8) is 0 Å². The summed E-state index contributed by atoms with van der Waals surface area (Å²) in [7, 11) is 1.62. The van der Waals surface area contributed by atoms with Gasteiger partial charge in [0.15, 0.2) is 5.65 Å². The first-order valence-corrected chi connectivity index (χ1v) is 6.33. The average Bonchev–Trinajstić information content (AvgIpc) is 2.91. The van der Waals surface area contributed by atoms with Crippen LogP contribution in [0.3, 0.4) is 0 Å². The lowest BCUT2D eigenvalue weighted by Gasteiger charge is -2.27. The molecule has 0 unspecified atom stereocenters. The van der Waals surface area contributed by atoms with Crippen LogP contribution in [0.25, 0.3) is 11.2 Å². The number of rotatable bonds is 2. The summed E-state index contributed by atoms with van der Waals surface area (Å²) in [6, 6.07) is 3.72. The van der Waals surface area contributed by atoms with Gasteiger partial charge in [0.1, 0.15) is 5.52 Å². The fourth-order valence-electron chi connectivity index (χ4n) is 2.96. The fourth-order valence-corrected chi connectivity index (χ4v) is 2.96. The zero-order valence-electron chi connectivity index (χ0n) is 10.8. The van der Waals surface area contributed by atoms with Crippen molar-refractivity contribution in [1.82, 2.24) is 14.5 Å². The molecule has 1 aliphatic carbocycles. The van der Waals surface area contributed by atoms with Crippen molar-refractivity contribution in [2.24, 2.45) is 0 Å². The minimum atomic E-state index is 0.0399. The van der Waals surface area contributed by atoms with Crippen molar-refractivity contribution in [3.05, 3.63) is 12.1 Å². The van der Waals surface area contributed by atoms with Crippen LogP contribution in [0.1, 0.15) is 32.6 Å². The summed E-state index contributed by atoms with van der Waals surface area (Å²) in [5, 5.41) is 0. The van der Waals surface area contributed by atoms with E-state index in [1.54, 1.807) is 7.11 Å². The second-order valence-corrected chi connectivity index (χ2v) is 5.21. The van der Waals surface area contributed by atoms with Crippen LogP contribution in [-0.2, 0) is 5.54 Å². The minimum Gasteiger partial charge on any atom is -0.481 e. The molecule has 1 aliphatic rings. The number of nitrogens with two attached hydrogens (primary N) is 1. The van der Waals surface area contributed by atoms with Crippen molar-refractivity contribution in [3.8, 4) is 5.88 Å². The van der Waals surface area contributed by atoms with Crippen LogP contribution in [0.5, 0.6) is 5.88 Å². The summed E-state index contributed by atoms with van der Waals surface area (Å²) >= 11 is 0. The Labute approximate surface area is 106 Å². The molecule has 5 heteroatoms. The van der Waals surface area contributed by atoms with E-state index in [1.807, 2.05) is 12.1 Å². The highest BCUT2D eigenvalue weighted by atomic mass is 16.5. The molecule has 96 valence electrons. The minimum absolute atomic E-state index is 0.0399. The maximum Gasteiger partial charge on any atom is 0.215 e. The van der Waals surface area contributed by atoms with Gasteiger partial charge in [0.2, 0.25) is 11.8 Å². The third kappa shape index (κ3) is 1.54. The van der Waals surface area contributed by atoms with Gasteiger partial charge in [-0.1, -0.05) is 12.8 Å². The number of nitrogen functional groups attached to an aromatic ring is 1. The number of imidazole rings is 1. The first kappa shape index (κ1) is 11.3. The van der Waals surface area contributed by atoms with Gasteiger partial charge in [0, 0.05) is 11.6 Å². The number of anilines is 1. The van der Waals surface area contributed by atoms with E-state index >= 15 is 0 Å². The van der Waals surface area contributed by atoms with E-state index in [0.717, 1.165) is 24.0 Å². The van der Waals surface area contributed by atoms with E-state index in [1.165, 1.54) is 12.8 Å². The highest BCUT2D eigenvalue weighted by Gasteiger charge is 2.34. The van der Waals surface area contributed by atoms with Gasteiger partial charge in [-0.2, -0.15) is 4.98 Å². The zero-order valence-corrected chi connectivity index (χ0v) is 10.8. The molecule has 0 radical (unpaired) electrons. The standard InChI is InChI=1S/C13H18N4O/c1-13(7-3-4-8-13)17-11-9(15-12(17)14)5-6-10(16-11)18-2/h5-6H,3-4,7-8H2,1-2H3,(H2,14,15). The van der Waals surface area contributed by atoms with Gasteiger partial charge < -0.3 is 10.5 Å². The lowest BCUT2D eigenvalue weighted by Crippen LogP contribution is -2.27. The molecule has 0 aliphatic heterocycles. The average molecular weight is 246 g/mol. The Hall–Kier alpha value is -1.78. The van der Waals surface area contributed by atoms with Crippen LogP contribution in [-0.4, -0.2) is 21.6 Å². The van der Waals surface area contributed by atoms with E-state index < -0.39 is 0 Å². The van der Waals surface area contributed by atoms with Gasteiger partial charge in [0.05, 0.1) is 7.11 Å². The lowest BCUT2D eigenvalue weighted by molar-refractivity contribution is 0.340. The molecule has 3 rings (SSSR count). The Bertz CT molecular complexity index is 584. The number of nitrogens with zero attached hydrogens (tertiary/aromatic N) is 3. The molecule has 2 N–H and O–H groups in total. The summed E-state index contributed by atoms with van der Waals surface area (Å²) in [4.78, 5) is 8.90. The van der Waals surface area contributed by atoms with Gasteiger partial charge >= 0.3 is 0 Å². The van der Waals surface area contributed by atoms with Crippen LogP contribution in [0.4, 0.5) is 5.95 Å². The molecule has 18 heavy (non-hydrogen) atoms. The quantitative estimate of drug-likeness (QED) is 0.883. The van der Waals surface area contributed by atoms with Gasteiger partial charge in [-0.15, -0.1) is 0 Å². The number of ether oxygens (including phenoxy) is 1. The maximum atomic E-state index is 6.08. The zero-order chi connectivity index (χ0) is 12.8. The Kier molecular flexibility index (Phi) is 2.43. The predicted octanol–water partition coefficient (Wildman–Crippen LogP) is 2.31. The molecule has 0 atom stereocenters. The number of aromatic nitrogens is 3. The molecule has 1 fully saturated rings. The van der Waals surface area contributed by atoms with Crippen LogP contribution >= 0.6 is 0 Å². The summed E-state index contributed by atoms with van der Waals surface area (Å²) < 4.78 is 7.27. The van der Waals surface area contributed by atoms with Gasteiger partial charge in [-0.3, -0.25) is 4.57 Å². The molecule has 2 heterocycles. The van der Waals surface area contributed by atoms with Crippen LogP contribution in [0, 0.1) is 0 Å². The molecule has 0 spiro atoms. The number of hydrogen-bond donors (Lipinski definition) is 1. The highest BCUT2D eigenvalue weighted by Crippen LogP contribution is 2.39. The monoisotopic (exact) mass is 246 g/mol. The summed E-state index contributed by atoms with van der Waals surface area (Å²) in [6.45, 7) is 2.23. The number of pyridine rings is 1. The topological polar surface area (TPSA) is 66.0 Å². The van der Waals surface area contributed by atoms with E-state index in [-0.39, 0.29) is 5.54 Å². The molecule has 5 nitrogen and oxygen atoms in total. The van der Waals surface area contributed by atoms with Crippen molar-refractivity contribution in [1.29, 1.82) is 0 Å². The molecule has 0 saturated heterocycles. The molecule has 0 amide bonds. The summed E-state index contributed by atoms with van der Waals surface area (Å²) in [6.07, 6.45) is 4.72.